The second kappa shape index (κ2) is 8.53. The number of nitrogens with two attached hydrogens (primary N) is 1. The molecule has 10 nitrogen and oxygen atoms in total. The summed E-state index contributed by atoms with van der Waals surface area (Å²) in [4.78, 5) is 13.4. The van der Waals surface area contributed by atoms with Gasteiger partial charge in [0.1, 0.15) is 17.2 Å². The van der Waals surface area contributed by atoms with Gasteiger partial charge in [-0.25, -0.2) is 0 Å². The maximum atomic E-state index is 13.4. The fourth-order valence-corrected chi connectivity index (χ4v) is 5.62. The van der Waals surface area contributed by atoms with Crippen molar-refractivity contribution in [2.24, 2.45) is 5.73 Å². The molecule has 1 heterocycles. The van der Waals surface area contributed by atoms with Crippen LogP contribution in [0.15, 0.2) is 18.2 Å². The average Bonchev–Trinajstić information content (AvgIpc) is 2.82. The van der Waals surface area contributed by atoms with Crippen molar-refractivity contribution in [1.29, 1.82) is 5.41 Å². The number of benzene rings is 2. The summed E-state index contributed by atoms with van der Waals surface area (Å²) in [6.45, 7) is 3.44. The Morgan fingerprint density at radius 2 is 1.92 bits per heavy atom. The lowest BCUT2D eigenvalue weighted by atomic mass is 9.72. The van der Waals surface area contributed by atoms with E-state index in [0.29, 0.717) is 6.42 Å². The lowest BCUT2D eigenvalue weighted by molar-refractivity contribution is -0.247. The number of aliphatic hydroxyl groups is 2. The maximum Gasteiger partial charge on any atom is 0.198 e. The standard InChI is InChI=1S/C26H30N2O8/c1-3-26(34)8-12-18(15(9-26)36-16-7-13(27)22(30)10(2)35-16)25(33)19-20(24(12)32)23(31)11-5-4-6-14(29)17(11)21(19)28/h4-6,10,13,15-16,22,28-30,32-34H,3,7-9,27H2,1-2H3/t10-,13-,15?,16-,22+,26-/m0/s1. The molecule has 2 aliphatic carbocycles. The van der Waals surface area contributed by atoms with Gasteiger partial charge >= 0.3 is 0 Å². The van der Waals surface area contributed by atoms with Crippen molar-refractivity contribution in [3.63, 3.8) is 0 Å². The van der Waals surface area contributed by atoms with Crippen LogP contribution in [0, 0.1) is 5.41 Å². The van der Waals surface area contributed by atoms with Crippen molar-refractivity contribution in [2.75, 3.05) is 0 Å². The number of phenolic OH excluding ortho intramolecular Hbond substituents is 3. The molecular formula is C26H30N2O8. The lowest BCUT2D eigenvalue weighted by Gasteiger charge is -2.42. The maximum absolute atomic E-state index is 13.4. The van der Waals surface area contributed by atoms with E-state index in [9.17, 15) is 30.3 Å². The minimum absolute atomic E-state index is 0.0348. The van der Waals surface area contributed by atoms with Crippen LogP contribution in [-0.4, -0.2) is 67.2 Å². The second-order valence-electron chi connectivity index (χ2n) is 9.99. The van der Waals surface area contributed by atoms with E-state index in [1.54, 1.807) is 13.8 Å². The molecule has 1 unspecified atom stereocenters. The fourth-order valence-electron chi connectivity index (χ4n) is 5.62. The van der Waals surface area contributed by atoms with Gasteiger partial charge in [0.2, 0.25) is 0 Å². The van der Waals surface area contributed by atoms with Gasteiger partial charge in [-0.3, -0.25) is 10.2 Å². The van der Waals surface area contributed by atoms with E-state index in [-0.39, 0.29) is 64.1 Å². The van der Waals surface area contributed by atoms with E-state index in [0.717, 1.165) is 0 Å². The number of ether oxygens (including phenoxy) is 2. The number of hydrogen-bond donors (Lipinski definition) is 7. The van der Waals surface area contributed by atoms with Crippen LogP contribution in [0.1, 0.15) is 77.4 Å². The number of carbonyl (C=O) groups is 1. The van der Waals surface area contributed by atoms with Crippen LogP contribution in [0.4, 0.5) is 0 Å². The average molecular weight is 499 g/mol. The zero-order valence-electron chi connectivity index (χ0n) is 20.0. The number of rotatable bonds is 3. The molecule has 36 heavy (non-hydrogen) atoms. The summed E-state index contributed by atoms with van der Waals surface area (Å²) in [6.07, 6.45) is -2.83. The Kier molecular flexibility index (Phi) is 5.85. The number of carbonyl (C=O) groups excluding carboxylic acids is 1. The number of phenols is 3. The number of hydrogen-bond acceptors (Lipinski definition) is 10. The SMILES string of the molecule is CC[C@]1(O)Cc2c(O)c3c(c(O)c2C(O[C@H]2C[C@H](N)[C@H](O)[C@H](C)O2)C1)C(=N)c1c(O)cccc1C3=O. The first-order chi connectivity index (χ1) is 17.0. The minimum Gasteiger partial charge on any atom is -0.507 e. The van der Waals surface area contributed by atoms with E-state index in [1.807, 2.05) is 0 Å². The predicted molar refractivity (Wildman–Crippen MR) is 128 cm³/mol. The topological polar surface area (TPSA) is 187 Å². The van der Waals surface area contributed by atoms with Crippen molar-refractivity contribution >= 4 is 11.5 Å². The van der Waals surface area contributed by atoms with Gasteiger partial charge in [0.15, 0.2) is 12.1 Å². The lowest BCUT2D eigenvalue weighted by Crippen LogP contribution is -2.52. The number of nitrogens with one attached hydrogen (secondary N) is 1. The highest BCUT2D eigenvalue weighted by atomic mass is 16.7. The first kappa shape index (κ1) is 24.7. The molecule has 6 atom stereocenters. The molecular weight excluding hydrogens is 468 g/mol. The van der Waals surface area contributed by atoms with Gasteiger partial charge in [-0.05, 0) is 19.4 Å². The molecule has 0 saturated carbocycles. The van der Waals surface area contributed by atoms with Gasteiger partial charge in [0, 0.05) is 42.0 Å². The molecule has 1 fully saturated rings. The monoisotopic (exact) mass is 498 g/mol. The van der Waals surface area contributed by atoms with Crippen LogP contribution < -0.4 is 5.73 Å². The van der Waals surface area contributed by atoms with Crippen molar-refractivity contribution in [3.8, 4) is 17.2 Å². The molecule has 1 aliphatic heterocycles. The van der Waals surface area contributed by atoms with Gasteiger partial charge in [0.05, 0.1) is 46.3 Å². The second-order valence-corrected chi connectivity index (χ2v) is 9.99. The quantitative estimate of drug-likeness (QED) is 0.264. The molecule has 0 spiro atoms. The van der Waals surface area contributed by atoms with Gasteiger partial charge in [-0.1, -0.05) is 19.1 Å². The summed E-state index contributed by atoms with van der Waals surface area (Å²) in [7, 11) is 0. The Morgan fingerprint density at radius 3 is 2.58 bits per heavy atom. The molecule has 2 aromatic rings. The van der Waals surface area contributed by atoms with Crippen LogP contribution in [0.5, 0.6) is 17.2 Å². The first-order valence-electron chi connectivity index (χ1n) is 12.0. The molecule has 3 aliphatic rings. The smallest absolute Gasteiger partial charge is 0.198 e. The van der Waals surface area contributed by atoms with Crippen molar-refractivity contribution < 1.29 is 39.8 Å². The van der Waals surface area contributed by atoms with E-state index < -0.39 is 53.5 Å². The summed E-state index contributed by atoms with van der Waals surface area (Å²) >= 11 is 0. The summed E-state index contributed by atoms with van der Waals surface area (Å²) < 4.78 is 11.9. The van der Waals surface area contributed by atoms with E-state index in [4.69, 9.17) is 20.6 Å². The molecule has 192 valence electrons. The summed E-state index contributed by atoms with van der Waals surface area (Å²) in [6, 6.07) is 3.64. The Hall–Kier alpha value is -3.02. The summed E-state index contributed by atoms with van der Waals surface area (Å²) in [5.74, 6) is -1.80. The van der Waals surface area contributed by atoms with Crippen LogP contribution >= 0.6 is 0 Å². The van der Waals surface area contributed by atoms with Crippen LogP contribution in [-0.2, 0) is 15.9 Å². The summed E-state index contributed by atoms with van der Waals surface area (Å²) in [5.41, 5.74) is 4.28. The fraction of sp³-hybridized carbons (Fsp3) is 0.462. The summed E-state index contributed by atoms with van der Waals surface area (Å²) in [5, 5.41) is 63.2. The highest BCUT2D eigenvalue weighted by Crippen LogP contribution is 2.52. The molecule has 0 radical (unpaired) electrons. The van der Waals surface area contributed by atoms with Crippen LogP contribution in [0.3, 0.4) is 0 Å². The predicted octanol–water partition coefficient (Wildman–Crippen LogP) is 1.73. The van der Waals surface area contributed by atoms with Crippen molar-refractivity contribution in [1.82, 2.24) is 0 Å². The number of aliphatic hydroxyl groups excluding tert-OH is 1. The highest BCUT2D eigenvalue weighted by molar-refractivity contribution is 6.32. The Balaban J connectivity index is 1.66. The van der Waals surface area contributed by atoms with Crippen molar-refractivity contribution in [2.45, 2.75) is 75.8 Å². The molecule has 0 bridgehead atoms. The minimum atomic E-state index is -1.31. The Morgan fingerprint density at radius 1 is 1.19 bits per heavy atom. The van der Waals surface area contributed by atoms with Crippen molar-refractivity contribution in [3.05, 3.63) is 51.6 Å². The first-order valence-corrected chi connectivity index (χ1v) is 12.0. The molecule has 8 N–H and O–H groups in total. The third-order valence-electron chi connectivity index (χ3n) is 7.72. The largest absolute Gasteiger partial charge is 0.507 e. The highest BCUT2D eigenvalue weighted by Gasteiger charge is 2.46. The Labute approximate surface area is 207 Å². The molecule has 10 heteroatoms. The van der Waals surface area contributed by atoms with Gasteiger partial charge in [0.25, 0.3) is 0 Å². The van der Waals surface area contributed by atoms with E-state index in [1.165, 1.54) is 18.2 Å². The van der Waals surface area contributed by atoms with Gasteiger partial charge in [-0.15, -0.1) is 0 Å². The molecule has 0 aromatic heterocycles. The normalized spacial score (nSPS) is 31.5. The molecule has 2 aromatic carbocycles. The molecule has 1 saturated heterocycles. The molecule has 5 rings (SSSR count). The molecule has 0 amide bonds. The van der Waals surface area contributed by atoms with E-state index >= 15 is 0 Å². The Bertz CT molecular complexity index is 1270. The van der Waals surface area contributed by atoms with Gasteiger partial charge < -0.3 is 40.7 Å². The number of ketones is 1. The zero-order valence-corrected chi connectivity index (χ0v) is 20.0. The van der Waals surface area contributed by atoms with Crippen LogP contribution in [0.25, 0.3) is 0 Å². The third-order valence-corrected chi connectivity index (χ3v) is 7.72. The number of aromatic hydroxyl groups is 3. The van der Waals surface area contributed by atoms with Crippen LogP contribution in [0.2, 0.25) is 0 Å². The van der Waals surface area contributed by atoms with E-state index in [2.05, 4.69) is 0 Å². The third kappa shape index (κ3) is 3.60. The number of fused-ring (bicyclic) bond motifs is 3. The van der Waals surface area contributed by atoms with Gasteiger partial charge in [-0.2, -0.15) is 0 Å². The zero-order chi connectivity index (χ0) is 26.1.